The van der Waals surface area contributed by atoms with Gasteiger partial charge in [-0.05, 0) is 70.4 Å². The zero-order chi connectivity index (χ0) is 37.0. The molecule has 1 aromatic carbocycles. The normalized spacial score (nSPS) is 24.4. The first kappa shape index (κ1) is 38.0. The van der Waals surface area contributed by atoms with E-state index in [2.05, 4.69) is 0 Å². The van der Waals surface area contributed by atoms with Gasteiger partial charge in [0.25, 0.3) is 5.91 Å². The molecule has 0 spiro atoms. The number of halogens is 6. The van der Waals surface area contributed by atoms with Gasteiger partial charge < -0.3 is 31.1 Å². The van der Waals surface area contributed by atoms with Gasteiger partial charge in [0, 0.05) is 56.2 Å². The number of Topliss-reactive ketones (excluding diaryl/α,β-unsaturated/α-hetero) is 2. The van der Waals surface area contributed by atoms with Gasteiger partial charge in [-0.1, -0.05) is 0 Å². The minimum atomic E-state index is -4.49. The standard InChI is InChI=1S/C32H40F6N4O7/c1-40(2)19-13-16(14-42(9-5-7-30(33,34)35)10-6-8-31(36,37)38)24(43)21-17(19)11-15-12-18-23(41(3)4)26(45)22(29(39)48)28(47)32(18,49)27(46)20(15)25(21)44/h13,15,18,23,43-44,47,49H,5-12,14H2,1-4H3,(H2,39,48)/t15-,18-,23-,32-/m0/s1. The number of fused-ring (bicyclic) bond motifs is 3. The fourth-order valence-electron chi connectivity index (χ4n) is 7.38. The van der Waals surface area contributed by atoms with E-state index >= 15 is 0 Å². The number of primary amides is 1. The highest BCUT2D eigenvalue weighted by Gasteiger charge is 2.64. The van der Waals surface area contributed by atoms with E-state index in [1.807, 2.05) is 0 Å². The SMILES string of the molecule is CN(C)c1cc(CN(CCCC(F)(F)F)CCCC(F)(F)F)c(O)c2c1C[C@H]1C[C@H]3[C@H](N(C)C)C(=O)C(C(N)=O)=C(O)[C@@]3(O)C(=O)C1=C2O. The van der Waals surface area contributed by atoms with Crippen LogP contribution in [-0.4, -0.2) is 113 Å². The second kappa shape index (κ2) is 13.5. The number of anilines is 1. The van der Waals surface area contributed by atoms with Gasteiger partial charge >= 0.3 is 12.4 Å². The van der Waals surface area contributed by atoms with Crippen LogP contribution in [0.4, 0.5) is 32.0 Å². The molecule has 1 aromatic rings. The molecule has 11 nitrogen and oxygen atoms in total. The first-order chi connectivity index (χ1) is 22.5. The van der Waals surface area contributed by atoms with E-state index < -0.39 is 107 Å². The van der Waals surface area contributed by atoms with Gasteiger partial charge in [0.2, 0.25) is 5.78 Å². The average molecular weight is 707 g/mol. The summed E-state index contributed by atoms with van der Waals surface area (Å²) in [5.74, 6) is -8.19. The number of nitrogens with two attached hydrogens (primary N) is 1. The molecule has 0 aliphatic heterocycles. The highest BCUT2D eigenvalue weighted by atomic mass is 19.4. The lowest BCUT2D eigenvalue weighted by atomic mass is 9.57. The van der Waals surface area contributed by atoms with E-state index in [0.717, 1.165) is 0 Å². The first-order valence-electron chi connectivity index (χ1n) is 15.6. The number of benzene rings is 1. The molecular formula is C32H40F6N4O7. The van der Waals surface area contributed by atoms with Crippen LogP contribution < -0.4 is 10.6 Å². The number of aromatic hydroxyl groups is 1. The minimum Gasteiger partial charge on any atom is -0.508 e. The number of phenolic OH excluding ortho intramolecular Hbond substituents is 1. The Morgan fingerprint density at radius 2 is 1.53 bits per heavy atom. The topological polar surface area (TPSA) is 168 Å². The van der Waals surface area contributed by atoms with Crippen molar-refractivity contribution in [2.45, 2.75) is 69.1 Å². The van der Waals surface area contributed by atoms with Crippen LogP contribution in [0.15, 0.2) is 23.0 Å². The molecule has 3 aliphatic rings. The molecule has 3 aliphatic carbocycles. The summed E-state index contributed by atoms with van der Waals surface area (Å²) >= 11 is 0. The summed E-state index contributed by atoms with van der Waals surface area (Å²) in [7, 11) is 6.23. The Morgan fingerprint density at radius 3 is 2.00 bits per heavy atom. The lowest BCUT2D eigenvalue weighted by Gasteiger charge is -2.50. The van der Waals surface area contributed by atoms with Gasteiger partial charge in [0.15, 0.2) is 11.4 Å². The summed E-state index contributed by atoms with van der Waals surface area (Å²) < 4.78 is 77.3. The van der Waals surface area contributed by atoms with E-state index in [9.17, 15) is 61.2 Å². The highest BCUT2D eigenvalue weighted by molar-refractivity contribution is 6.24. The van der Waals surface area contributed by atoms with Crippen molar-refractivity contribution in [3.63, 3.8) is 0 Å². The summed E-state index contributed by atoms with van der Waals surface area (Å²) in [6.45, 7) is -0.820. The van der Waals surface area contributed by atoms with E-state index in [-0.39, 0.29) is 43.6 Å². The van der Waals surface area contributed by atoms with E-state index in [1.54, 1.807) is 19.0 Å². The van der Waals surface area contributed by atoms with Crippen molar-refractivity contribution in [3.05, 3.63) is 39.7 Å². The summed E-state index contributed by atoms with van der Waals surface area (Å²) in [6, 6.07) is 0.246. The number of aliphatic hydroxyl groups excluding tert-OH is 2. The van der Waals surface area contributed by atoms with Gasteiger partial charge in [0.1, 0.15) is 22.8 Å². The zero-order valence-corrected chi connectivity index (χ0v) is 27.4. The van der Waals surface area contributed by atoms with E-state index in [0.29, 0.717) is 11.3 Å². The molecule has 1 amide bonds. The lowest BCUT2D eigenvalue weighted by molar-refractivity contribution is -0.153. The molecular weight excluding hydrogens is 666 g/mol. The summed E-state index contributed by atoms with van der Waals surface area (Å²) in [5, 5.41) is 46.0. The molecule has 4 atom stereocenters. The van der Waals surface area contributed by atoms with Crippen LogP contribution >= 0.6 is 0 Å². The van der Waals surface area contributed by atoms with Gasteiger partial charge in [-0.3, -0.25) is 24.2 Å². The Hall–Kier alpha value is -3.83. The second-order valence-electron chi connectivity index (χ2n) is 13.3. The quantitative estimate of drug-likeness (QED) is 0.170. The number of carbonyl (C=O) groups is 3. The van der Waals surface area contributed by atoms with Crippen LogP contribution in [0, 0.1) is 11.8 Å². The van der Waals surface area contributed by atoms with Crippen LogP contribution in [0.1, 0.15) is 48.8 Å². The van der Waals surface area contributed by atoms with Crippen molar-refractivity contribution < 1.29 is 61.2 Å². The number of ketones is 2. The van der Waals surface area contributed by atoms with Crippen LogP contribution in [0.2, 0.25) is 0 Å². The number of likely N-dealkylation sites (N-methyl/N-ethyl adjacent to an activating group) is 1. The van der Waals surface area contributed by atoms with E-state index in [4.69, 9.17) is 5.73 Å². The number of aliphatic hydroxyl groups is 3. The molecule has 6 N–H and O–H groups in total. The lowest BCUT2D eigenvalue weighted by Crippen LogP contribution is -2.65. The third-order valence-corrected chi connectivity index (χ3v) is 9.52. The van der Waals surface area contributed by atoms with Crippen LogP contribution in [0.5, 0.6) is 5.75 Å². The Morgan fingerprint density at radius 1 is 0.980 bits per heavy atom. The average Bonchev–Trinajstić information content (AvgIpc) is 2.94. The molecule has 0 radical (unpaired) electrons. The maximum Gasteiger partial charge on any atom is 0.389 e. The molecule has 272 valence electrons. The van der Waals surface area contributed by atoms with Gasteiger partial charge in [-0.25, -0.2) is 0 Å². The number of nitrogens with zero attached hydrogens (tertiary/aromatic N) is 3. The summed E-state index contributed by atoms with van der Waals surface area (Å²) in [6.07, 6.45) is -12.3. The second-order valence-corrected chi connectivity index (χ2v) is 13.3. The third kappa shape index (κ3) is 7.24. The predicted octanol–water partition coefficient (Wildman–Crippen LogP) is 3.52. The van der Waals surface area contributed by atoms with Crippen molar-refractivity contribution >= 4 is 28.9 Å². The molecule has 4 rings (SSSR count). The van der Waals surface area contributed by atoms with Crippen molar-refractivity contribution in [2.75, 3.05) is 46.2 Å². The Bertz CT molecular complexity index is 1570. The molecule has 0 bridgehead atoms. The molecule has 49 heavy (non-hydrogen) atoms. The van der Waals surface area contributed by atoms with Crippen molar-refractivity contribution in [3.8, 4) is 5.75 Å². The number of hydrogen-bond donors (Lipinski definition) is 5. The number of hydrogen-bond acceptors (Lipinski definition) is 10. The number of rotatable bonds is 11. The molecule has 0 unspecified atom stereocenters. The molecule has 0 aromatic heterocycles. The first-order valence-corrected chi connectivity index (χ1v) is 15.6. The van der Waals surface area contributed by atoms with Crippen molar-refractivity contribution in [1.82, 2.24) is 9.80 Å². The molecule has 0 saturated heterocycles. The zero-order valence-electron chi connectivity index (χ0n) is 27.4. The predicted molar refractivity (Wildman–Crippen MR) is 164 cm³/mol. The Labute approximate surface area is 278 Å². The monoisotopic (exact) mass is 706 g/mol. The highest BCUT2D eigenvalue weighted by Crippen LogP contribution is 2.54. The van der Waals surface area contributed by atoms with Crippen LogP contribution in [0.3, 0.4) is 0 Å². The molecule has 1 saturated carbocycles. The van der Waals surface area contributed by atoms with Gasteiger partial charge in [-0.15, -0.1) is 0 Å². The molecule has 1 fully saturated rings. The van der Waals surface area contributed by atoms with E-state index in [1.165, 1.54) is 30.0 Å². The summed E-state index contributed by atoms with van der Waals surface area (Å²) in [5.41, 5.74) is 1.74. The third-order valence-electron chi connectivity index (χ3n) is 9.52. The van der Waals surface area contributed by atoms with Crippen LogP contribution in [0.25, 0.3) is 5.76 Å². The fraction of sp³-hybridized carbons (Fsp3) is 0.594. The number of amides is 1. The van der Waals surface area contributed by atoms with Gasteiger partial charge in [0.05, 0.1) is 11.6 Å². The number of alkyl halides is 6. The van der Waals surface area contributed by atoms with Crippen molar-refractivity contribution in [2.24, 2.45) is 17.6 Å². The molecule has 0 heterocycles. The Balaban J connectivity index is 1.83. The number of carbonyl (C=O) groups excluding carboxylic acids is 3. The Kier molecular flexibility index (Phi) is 10.4. The largest absolute Gasteiger partial charge is 0.508 e. The number of phenols is 1. The maximum atomic E-state index is 14.2. The van der Waals surface area contributed by atoms with Crippen LogP contribution in [-0.2, 0) is 27.3 Å². The smallest absolute Gasteiger partial charge is 0.389 e. The minimum absolute atomic E-state index is 0.00320. The molecule has 17 heteroatoms. The maximum absolute atomic E-state index is 14.2. The summed E-state index contributed by atoms with van der Waals surface area (Å²) in [4.78, 5) is 44.0. The van der Waals surface area contributed by atoms with Gasteiger partial charge in [-0.2, -0.15) is 26.3 Å². The fourth-order valence-corrected chi connectivity index (χ4v) is 7.38. The van der Waals surface area contributed by atoms with Crippen molar-refractivity contribution in [1.29, 1.82) is 0 Å².